The lowest BCUT2D eigenvalue weighted by Crippen LogP contribution is -2.40. The van der Waals surface area contributed by atoms with E-state index in [0.717, 1.165) is 31.7 Å². The zero-order valence-electron chi connectivity index (χ0n) is 19.1. The van der Waals surface area contributed by atoms with Gasteiger partial charge in [-0.25, -0.2) is 5.43 Å². The highest BCUT2D eigenvalue weighted by Gasteiger charge is 2.20. The highest BCUT2D eigenvalue weighted by molar-refractivity contribution is 5.82. The van der Waals surface area contributed by atoms with Crippen LogP contribution >= 0.6 is 0 Å². The molecular formula is C21H29N7O5. The molecule has 4 rings (SSSR count). The number of methoxy groups -OCH3 is 3. The van der Waals surface area contributed by atoms with E-state index in [0.29, 0.717) is 61.5 Å². The van der Waals surface area contributed by atoms with Crippen LogP contribution in [-0.4, -0.2) is 95.1 Å². The molecule has 1 aromatic heterocycles. The van der Waals surface area contributed by atoms with Gasteiger partial charge in [0.25, 0.3) is 0 Å². The van der Waals surface area contributed by atoms with Gasteiger partial charge in [0.1, 0.15) is 0 Å². The largest absolute Gasteiger partial charge is 0.493 e. The molecule has 0 amide bonds. The smallest absolute Gasteiger partial charge is 0.250 e. The second-order valence-electron chi connectivity index (χ2n) is 7.29. The molecule has 2 fully saturated rings. The van der Waals surface area contributed by atoms with Crippen LogP contribution in [0.5, 0.6) is 17.2 Å². The van der Waals surface area contributed by atoms with Gasteiger partial charge >= 0.3 is 0 Å². The van der Waals surface area contributed by atoms with Crippen molar-refractivity contribution in [2.24, 2.45) is 5.10 Å². The van der Waals surface area contributed by atoms with Gasteiger partial charge < -0.3 is 33.5 Å². The van der Waals surface area contributed by atoms with E-state index in [-0.39, 0.29) is 0 Å². The molecule has 1 aromatic carbocycles. The molecule has 2 aromatic rings. The minimum absolute atomic E-state index is 0.358. The Balaban J connectivity index is 1.57. The van der Waals surface area contributed by atoms with Crippen LogP contribution in [0, 0.1) is 0 Å². The molecule has 12 heteroatoms. The third kappa shape index (κ3) is 5.52. The van der Waals surface area contributed by atoms with Gasteiger partial charge in [-0.3, -0.25) is 0 Å². The molecule has 1 N–H and O–H groups in total. The van der Waals surface area contributed by atoms with Gasteiger partial charge in [-0.05, 0) is 12.1 Å². The van der Waals surface area contributed by atoms with Crippen LogP contribution in [0.4, 0.5) is 17.8 Å². The zero-order valence-corrected chi connectivity index (χ0v) is 19.1. The molecule has 2 aliphatic heterocycles. The molecular weight excluding hydrogens is 430 g/mol. The third-order valence-corrected chi connectivity index (χ3v) is 5.26. The standard InChI is InChI=1S/C21H29N7O5/c1-29-16-12-15(13-17(30-2)18(16)31-3)14-22-26-19-23-20(27-4-8-32-9-5-27)25-21(24-19)28-6-10-33-11-7-28/h12-14H,4-11H2,1-3H3,(H,23,24,25,26)/b22-14+. The summed E-state index contributed by atoms with van der Waals surface area (Å²) in [5.74, 6) is 3.16. The van der Waals surface area contributed by atoms with Crippen molar-refractivity contribution in [3.05, 3.63) is 17.7 Å². The summed E-state index contributed by atoms with van der Waals surface area (Å²) >= 11 is 0. The highest BCUT2D eigenvalue weighted by Crippen LogP contribution is 2.37. The molecule has 0 saturated carbocycles. The molecule has 178 valence electrons. The third-order valence-electron chi connectivity index (χ3n) is 5.26. The highest BCUT2D eigenvalue weighted by atomic mass is 16.5. The van der Waals surface area contributed by atoms with E-state index in [1.54, 1.807) is 39.7 Å². The summed E-state index contributed by atoms with van der Waals surface area (Å²) in [6, 6.07) is 3.61. The van der Waals surface area contributed by atoms with Crippen LogP contribution in [0.3, 0.4) is 0 Å². The number of ether oxygens (including phenoxy) is 5. The molecule has 2 aliphatic rings. The topological polar surface area (TPSA) is 116 Å². The van der Waals surface area contributed by atoms with Crippen LogP contribution in [0.15, 0.2) is 17.2 Å². The number of aromatic nitrogens is 3. The average Bonchev–Trinajstić information content (AvgIpc) is 2.89. The number of rotatable bonds is 8. The second-order valence-corrected chi connectivity index (χ2v) is 7.29. The van der Waals surface area contributed by atoms with Gasteiger partial charge in [-0.15, -0.1) is 0 Å². The van der Waals surface area contributed by atoms with E-state index in [2.05, 4.69) is 30.3 Å². The first-order valence-corrected chi connectivity index (χ1v) is 10.7. The van der Waals surface area contributed by atoms with Crippen LogP contribution in [0.1, 0.15) is 5.56 Å². The lowest BCUT2D eigenvalue weighted by molar-refractivity contribution is 0.121. The van der Waals surface area contributed by atoms with Gasteiger partial charge in [0.15, 0.2) is 11.5 Å². The maximum Gasteiger partial charge on any atom is 0.250 e. The number of hydrazone groups is 1. The van der Waals surface area contributed by atoms with E-state index < -0.39 is 0 Å². The number of benzene rings is 1. The van der Waals surface area contributed by atoms with Crippen molar-refractivity contribution in [3.8, 4) is 17.2 Å². The van der Waals surface area contributed by atoms with Crippen molar-refractivity contribution < 1.29 is 23.7 Å². The Kier molecular flexibility index (Phi) is 7.58. The lowest BCUT2D eigenvalue weighted by atomic mass is 10.2. The number of nitrogens with zero attached hydrogens (tertiary/aromatic N) is 6. The van der Waals surface area contributed by atoms with Gasteiger partial charge in [0.2, 0.25) is 23.6 Å². The van der Waals surface area contributed by atoms with Gasteiger partial charge in [0.05, 0.1) is 54.0 Å². The Bertz CT molecular complexity index is 901. The van der Waals surface area contributed by atoms with Crippen LogP contribution in [0.25, 0.3) is 0 Å². The summed E-state index contributed by atoms with van der Waals surface area (Å²) in [5.41, 5.74) is 3.69. The summed E-state index contributed by atoms with van der Waals surface area (Å²) in [4.78, 5) is 18.0. The number of morpholine rings is 2. The molecule has 3 heterocycles. The van der Waals surface area contributed by atoms with Gasteiger partial charge in [-0.2, -0.15) is 20.1 Å². The molecule has 0 bridgehead atoms. The van der Waals surface area contributed by atoms with E-state index in [1.165, 1.54) is 0 Å². The molecule has 2 saturated heterocycles. The summed E-state index contributed by atoms with van der Waals surface area (Å²) in [7, 11) is 4.71. The number of hydrogen-bond acceptors (Lipinski definition) is 12. The van der Waals surface area contributed by atoms with E-state index in [4.69, 9.17) is 28.7 Å². The zero-order chi connectivity index (χ0) is 23.0. The molecule has 33 heavy (non-hydrogen) atoms. The number of hydrogen-bond donors (Lipinski definition) is 1. The Morgan fingerprint density at radius 3 is 1.79 bits per heavy atom. The number of anilines is 3. The molecule has 0 spiro atoms. The van der Waals surface area contributed by atoms with Crippen LogP contribution in [0.2, 0.25) is 0 Å². The fourth-order valence-electron chi connectivity index (χ4n) is 3.55. The molecule has 0 radical (unpaired) electrons. The molecule has 0 aliphatic carbocycles. The SMILES string of the molecule is COc1cc(/C=N/Nc2nc(N3CCOCC3)nc(N3CCOCC3)n2)cc(OC)c1OC. The number of nitrogens with one attached hydrogen (secondary N) is 1. The maximum atomic E-state index is 5.46. The van der Waals surface area contributed by atoms with Gasteiger partial charge in [-0.1, -0.05) is 0 Å². The fraction of sp³-hybridized carbons (Fsp3) is 0.524. The minimum atomic E-state index is 0.358. The first kappa shape index (κ1) is 22.8. The fourth-order valence-corrected chi connectivity index (χ4v) is 3.55. The summed E-state index contributed by atoms with van der Waals surface area (Å²) < 4.78 is 27.1. The Hall–Kier alpha value is -3.38. The first-order chi connectivity index (χ1) is 16.2. The monoisotopic (exact) mass is 459 g/mol. The van der Waals surface area contributed by atoms with Crippen molar-refractivity contribution in [2.75, 3.05) is 89.2 Å². The minimum Gasteiger partial charge on any atom is -0.493 e. The summed E-state index contributed by atoms with van der Waals surface area (Å²) in [6.07, 6.45) is 1.64. The Morgan fingerprint density at radius 2 is 1.33 bits per heavy atom. The Morgan fingerprint density at radius 1 is 0.818 bits per heavy atom. The van der Waals surface area contributed by atoms with Crippen molar-refractivity contribution in [3.63, 3.8) is 0 Å². The van der Waals surface area contributed by atoms with E-state index >= 15 is 0 Å². The van der Waals surface area contributed by atoms with Crippen molar-refractivity contribution in [1.29, 1.82) is 0 Å². The maximum absolute atomic E-state index is 5.46. The molecule has 0 atom stereocenters. The lowest BCUT2D eigenvalue weighted by Gasteiger charge is -2.30. The van der Waals surface area contributed by atoms with Crippen LogP contribution < -0.4 is 29.4 Å². The molecule has 12 nitrogen and oxygen atoms in total. The average molecular weight is 460 g/mol. The van der Waals surface area contributed by atoms with E-state index in [1.807, 2.05) is 0 Å². The quantitative estimate of drug-likeness (QED) is 0.450. The van der Waals surface area contributed by atoms with Crippen molar-refractivity contribution >= 4 is 24.1 Å². The van der Waals surface area contributed by atoms with E-state index in [9.17, 15) is 0 Å². The Labute approximate surface area is 192 Å². The molecule has 0 unspecified atom stereocenters. The normalized spacial score (nSPS) is 16.7. The van der Waals surface area contributed by atoms with Gasteiger partial charge in [0, 0.05) is 31.7 Å². The van der Waals surface area contributed by atoms with Crippen molar-refractivity contribution in [2.45, 2.75) is 0 Å². The predicted octanol–water partition coefficient (Wildman–Crippen LogP) is 1.02. The summed E-state index contributed by atoms with van der Waals surface area (Å²) in [6.45, 7) is 5.45. The first-order valence-electron chi connectivity index (χ1n) is 10.7. The predicted molar refractivity (Wildman–Crippen MR) is 123 cm³/mol. The van der Waals surface area contributed by atoms with Crippen LogP contribution in [-0.2, 0) is 9.47 Å². The summed E-state index contributed by atoms with van der Waals surface area (Å²) in [5, 5.41) is 4.32. The van der Waals surface area contributed by atoms with Crippen molar-refractivity contribution in [1.82, 2.24) is 15.0 Å². The second kappa shape index (κ2) is 11.0.